The minimum absolute atomic E-state index is 0.335. The lowest BCUT2D eigenvalue weighted by atomic mass is 9.97. The van der Waals surface area contributed by atoms with Crippen molar-refractivity contribution in [3.63, 3.8) is 0 Å². The molecule has 3 aromatic heterocycles. The highest BCUT2D eigenvalue weighted by Gasteiger charge is 2.18. The molecule has 0 saturated heterocycles. The van der Waals surface area contributed by atoms with Crippen molar-refractivity contribution in [3.05, 3.63) is 182 Å². The topological polar surface area (TPSA) is 50.9 Å². The van der Waals surface area contributed by atoms with E-state index in [1.807, 2.05) is 66.9 Å². The molecule has 242 valence electrons. The molecule has 0 aliphatic carbocycles. The number of benzene rings is 6. The summed E-state index contributed by atoms with van der Waals surface area (Å²) in [6, 6.07) is 56.3. The van der Waals surface area contributed by atoms with Crippen molar-refractivity contribution < 1.29 is 9.50 Å². The van der Waals surface area contributed by atoms with E-state index >= 15 is 0 Å². The quantitative estimate of drug-likeness (QED) is 0.193. The number of para-hydroxylation sites is 4. The van der Waals surface area contributed by atoms with Crippen molar-refractivity contribution in [3.8, 4) is 67.5 Å². The molecule has 0 amide bonds. The Hall–Kier alpha value is -6.85. The summed E-state index contributed by atoms with van der Waals surface area (Å²) in [6.45, 7) is 0. The summed E-state index contributed by atoms with van der Waals surface area (Å²) in [5.41, 5.74) is 11.6. The minimum atomic E-state index is -0.686. The molecule has 5 heteroatoms. The van der Waals surface area contributed by atoms with Gasteiger partial charge < -0.3 is 9.67 Å². The predicted molar refractivity (Wildman–Crippen MR) is 205 cm³/mol. The first-order chi connectivity index (χ1) is 25.1. The van der Waals surface area contributed by atoms with Crippen molar-refractivity contribution in [1.29, 1.82) is 0 Å². The maximum absolute atomic E-state index is 14.5. The zero-order valence-corrected chi connectivity index (χ0v) is 27.4. The number of rotatable bonds is 6. The third-order valence-corrected chi connectivity index (χ3v) is 9.43. The Labute approximate surface area is 294 Å². The van der Waals surface area contributed by atoms with Gasteiger partial charge in [0.1, 0.15) is 0 Å². The maximum Gasteiger partial charge on any atom is 0.165 e. The normalized spacial score (nSPS) is 11.3. The fourth-order valence-electron chi connectivity index (χ4n) is 7.03. The van der Waals surface area contributed by atoms with Crippen molar-refractivity contribution in [2.75, 3.05) is 0 Å². The molecule has 0 aliphatic rings. The number of nitrogens with zero attached hydrogens (tertiary/aromatic N) is 3. The second-order valence-electron chi connectivity index (χ2n) is 12.5. The molecule has 9 aromatic rings. The lowest BCUT2D eigenvalue weighted by Crippen LogP contribution is -1.95. The lowest BCUT2D eigenvalue weighted by Gasteiger charge is -2.13. The van der Waals surface area contributed by atoms with E-state index in [1.165, 1.54) is 16.8 Å². The van der Waals surface area contributed by atoms with Crippen LogP contribution in [-0.2, 0) is 0 Å². The number of phenolic OH excluding ortho intramolecular Hbond substituents is 1. The second kappa shape index (κ2) is 12.6. The molecule has 0 atom stereocenters. The van der Waals surface area contributed by atoms with Crippen molar-refractivity contribution in [2.24, 2.45) is 0 Å². The zero-order chi connectivity index (χ0) is 34.3. The van der Waals surface area contributed by atoms with Crippen LogP contribution in [0.4, 0.5) is 4.39 Å². The van der Waals surface area contributed by atoms with Gasteiger partial charge in [-0.05, 0) is 77.4 Å². The van der Waals surface area contributed by atoms with E-state index in [-0.39, 0.29) is 0 Å². The Balaban J connectivity index is 1.18. The monoisotopic (exact) mass is 659 g/mol. The molecule has 0 aliphatic heterocycles. The second-order valence-corrected chi connectivity index (χ2v) is 12.5. The number of halogens is 1. The van der Waals surface area contributed by atoms with Crippen LogP contribution in [0.2, 0.25) is 0 Å². The molecule has 0 spiro atoms. The van der Waals surface area contributed by atoms with E-state index in [4.69, 9.17) is 9.97 Å². The summed E-state index contributed by atoms with van der Waals surface area (Å²) in [5, 5.41) is 13.0. The molecule has 6 aromatic carbocycles. The highest BCUT2D eigenvalue weighted by molar-refractivity contribution is 6.13. The minimum Gasteiger partial charge on any atom is -0.504 e. The molecule has 3 heterocycles. The smallest absolute Gasteiger partial charge is 0.165 e. The van der Waals surface area contributed by atoms with Gasteiger partial charge in [0.2, 0.25) is 0 Å². The van der Waals surface area contributed by atoms with Crippen molar-refractivity contribution in [1.82, 2.24) is 14.5 Å². The summed E-state index contributed by atoms with van der Waals surface area (Å²) in [7, 11) is 0. The summed E-state index contributed by atoms with van der Waals surface area (Å²) in [6.07, 6.45) is 1.87. The molecule has 0 unspecified atom stereocenters. The highest BCUT2D eigenvalue weighted by atomic mass is 19.1. The summed E-state index contributed by atoms with van der Waals surface area (Å²) in [5.74, 6) is -1.11. The third-order valence-electron chi connectivity index (χ3n) is 9.43. The van der Waals surface area contributed by atoms with Crippen molar-refractivity contribution >= 4 is 21.8 Å². The Morgan fingerprint density at radius 2 is 1.10 bits per heavy atom. The van der Waals surface area contributed by atoms with Gasteiger partial charge in [-0.2, -0.15) is 0 Å². The van der Waals surface area contributed by atoms with E-state index < -0.39 is 11.6 Å². The van der Waals surface area contributed by atoms with Crippen LogP contribution in [0.5, 0.6) is 5.75 Å². The van der Waals surface area contributed by atoms with Gasteiger partial charge in [0.05, 0.1) is 28.1 Å². The molecular formula is C46H30FN3O. The largest absolute Gasteiger partial charge is 0.504 e. The van der Waals surface area contributed by atoms with Crippen molar-refractivity contribution in [2.45, 2.75) is 0 Å². The van der Waals surface area contributed by atoms with Crippen LogP contribution in [0.1, 0.15) is 0 Å². The molecular weight excluding hydrogens is 630 g/mol. The summed E-state index contributed by atoms with van der Waals surface area (Å²) in [4.78, 5) is 9.77. The maximum atomic E-state index is 14.5. The standard InChI is InChI=1S/C46H30FN3O/c47-40-22-11-21-39(46(40)51)43-29-34(30-12-3-1-4-13-30)28-42(49-43)33-15-9-14-32(26-33)41-27-31(24-25-48-41)36-19-10-20-38-37-18-7-8-23-44(37)50(45(36)38)35-16-5-2-6-17-35/h1-29,51H. The van der Waals surface area contributed by atoms with Gasteiger partial charge in [-0.15, -0.1) is 0 Å². The number of fused-ring (bicyclic) bond motifs is 3. The first kappa shape index (κ1) is 30.2. The molecule has 51 heavy (non-hydrogen) atoms. The average molecular weight is 660 g/mol. The van der Waals surface area contributed by atoms with Gasteiger partial charge in [0.15, 0.2) is 11.6 Å². The van der Waals surface area contributed by atoms with Crippen LogP contribution in [-0.4, -0.2) is 19.6 Å². The van der Waals surface area contributed by atoms with Crippen LogP contribution in [0.15, 0.2) is 176 Å². The number of pyridine rings is 2. The van der Waals surface area contributed by atoms with Gasteiger partial charge in [-0.25, -0.2) is 9.37 Å². The number of phenols is 1. The molecule has 0 bridgehead atoms. The SMILES string of the molecule is Oc1c(F)cccc1-c1cc(-c2ccccc2)cc(-c2cccc(-c3cc(-c4cccc5c6ccccc6n(-c6ccccc6)c45)ccn3)c2)n1. The number of hydrogen-bond acceptors (Lipinski definition) is 3. The van der Waals surface area contributed by atoms with E-state index in [2.05, 4.69) is 95.6 Å². The van der Waals surface area contributed by atoms with Gasteiger partial charge in [0.25, 0.3) is 0 Å². The third kappa shape index (κ3) is 5.42. The Morgan fingerprint density at radius 3 is 1.94 bits per heavy atom. The van der Waals surface area contributed by atoms with E-state index in [9.17, 15) is 9.50 Å². The van der Waals surface area contributed by atoms with Crippen LogP contribution in [0, 0.1) is 5.82 Å². The van der Waals surface area contributed by atoms with Gasteiger partial charge in [-0.1, -0.05) is 109 Å². The first-order valence-corrected chi connectivity index (χ1v) is 16.8. The molecule has 0 saturated carbocycles. The number of hydrogen-bond donors (Lipinski definition) is 1. The molecule has 0 radical (unpaired) electrons. The van der Waals surface area contributed by atoms with E-state index in [0.717, 1.165) is 55.8 Å². The lowest BCUT2D eigenvalue weighted by molar-refractivity contribution is 0.434. The van der Waals surface area contributed by atoms with Gasteiger partial charge in [-0.3, -0.25) is 4.98 Å². The van der Waals surface area contributed by atoms with Crippen LogP contribution < -0.4 is 0 Å². The number of aromatic hydroxyl groups is 1. The first-order valence-electron chi connectivity index (χ1n) is 16.8. The molecule has 1 N–H and O–H groups in total. The summed E-state index contributed by atoms with van der Waals surface area (Å²) >= 11 is 0. The molecule has 9 rings (SSSR count). The average Bonchev–Trinajstić information content (AvgIpc) is 3.54. The van der Waals surface area contributed by atoms with Crippen LogP contribution in [0.25, 0.3) is 83.5 Å². The predicted octanol–water partition coefficient (Wildman–Crippen LogP) is 11.8. The van der Waals surface area contributed by atoms with E-state index in [0.29, 0.717) is 17.0 Å². The molecule has 4 nitrogen and oxygen atoms in total. The Kier molecular flexibility index (Phi) is 7.44. The van der Waals surface area contributed by atoms with Crippen LogP contribution >= 0.6 is 0 Å². The Bertz CT molecular complexity index is 2720. The highest BCUT2D eigenvalue weighted by Crippen LogP contribution is 2.40. The summed E-state index contributed by atoms with van der Waals surface area (Å²) < 4.78 is 16.8. The van der Waals surface area contributed by atoms with E-state index in [1.54, 1.807) is 12.1 Å². The van der Waals surface area contributed by atoms with Gasteiger partial charge >= 0.3 is 0 Å². The number of aromatic nitrogens is 3. The zero-order valence-electron chi connectivity index (χ0n) is 27.4. The van der Waals surface area contributed by atoms with Crippen LogP contribution in [0.3, 0.4) is 0 Å². The fraction of sp³-hybridized carbons (Fsp3) is 0. The van der Waals surface area contributed by atoms with Gasteiger partial charge in [0, 0.05) is 44.9 Å². The Morgan fingerprint density at radius 1 is 0.471 bits per heavy atom. The fourth-order valence-corrected chi connectivity index (χ4v) is 7.03. The molecule has 0 fully saturated rings.